The average molecular weight is 325 g/mol. The number of nitrogens with zero attached hydrogens (tertiary/aromatic N) is 2. The van der Waals surface area contributed by atoms with E-state index in [2.05, 4.69) is 15.9 Å². The molecular weight excluding hydrogens is 312 g/mol. The predicted molar refractivity (Wildman–Crippen MR) is 74.6 cm³/mol. The minimum atomic E-state index is -0.998. The summed E-state index contributed by atoms with van der Waals surface area (Å²) in [4.78, 5) is 23.6. The zero-order valence-corrected chi connectivity index (χ0v) is 12.0. The molecule has 3 rings (SSSR count). The van der Waals surface area contributed by atoms with Gasteiger partial charge in [0.1, 0.15) is 6.04 Å². The Labute approximate surface area is 117 Å². The first-order valence-electron chi connectivity index (χ1n) is 6.16. The molecule has 1 N–H and O–H groups in total. The second kappa shape index (κ2) is 4.23. The quantitative estimate of drug-likeness (QED) is 0.920. The molecule has 1 aromatic heterocycles. The van der Waals surface area contributed by atoms with E-state index in [1.54, 1.807) is 4.57 Å². The van der Waals surface area contributed by atoms with Crippen molar-refractivity contribution >= 4 is 32.9 Å². The molecule has 1 aromatic carbocycles. The molecule has 0 saturated heterocycles. The zero-order valence-electron chi connectivity index (χ0n) is 10.4. The number of hydrogen-bond donors (Lipinski definition) is 1. The van der Waals surface area contributed by atoms with Gasteiger partial charge in [0.25, 0.3) is 0 Å². The van der Waals surface area contributed by atoms with E-state index < -0.39 is 12.0 Å². The van der Waals surface area contributed by atoms with Crippen molar-refractivity contribution in [3.05, 3.63) is 32.7 Å². The van der Waals surface area contributed by atoms with Gasteiger partial charge in [-0.3, -0.25) is 9.13 Å². The number of aryl methyl sites for hydroxylation is 2. The monoisotopic (exact) mass is 324 g/mol. The summed E-state index contributed by atoms with van der Waals surface area (Å²) < 4.78 is 3.94. The van der Waals surface area contributed by atoms with Gasteiger partial charge in [0, 0.05) is 11.0 Å². The second-order valence-electron chi connectivity index (χ2n) is 4.85. The van der Waals surface area contributed by atoms with Crippen LogP contribution in [0, 0.1) is 0 Å². The molecule has 0 amide bonds. The molecule has 0 saturated carbocycles. The minimum Gasteiger partial charge on any atom is -0.480 e. The number of imidazole rings is 1. The lowest BCUT2D eigenvalue weighted by Crippen LogP contribution is -2.30. The van der Waals surface area contributed by atoms with Crippen molar-refractivity contribution in [1.29, 1.82) is 0 Å². The highest BCUT2D eigenvalue weighted by Gasteiger charge is 2.25. The molecule has 1 atom stereocenters. The molecule has 19 heavy (non-hydrogen) atoms. The zero-order chi connectivity index (χ0) is 13.7. The van der Waals surface area contributed by atoms with Gasteiger partial charge >= 0.3 is 11.7 Å². The summed E-state index contributed by atoms with van der Waals surface area (Å²) in [5.74, 6) is -0.998. The van der Waals surface area contributed by atoms with E-state index >= 15 is 0 Å². The fourth-order valence-corrected chi connectivity index (χ4v) is 3.27. The minimum absolute atomic E-state index is 0.232. The average Bonchev–Trinajstić information content (AvgIpc) is 2.63. The molecule has 5 nitrogen and oxygen atoms in total. The van der Waals surface area contributed by atoms with Crippen molar-refractivity contribution < 1.29 is 9.90 Å². The molecule has 6 heteroatoms. The van der Waals surface area contributed by atoms with Crippen LogP contribution in [0.3, 0.4) is 0 Å². The topological polar surface area (TPSA) is 64.2 Å². The van der Waals surface area contributed by atoms with Crippen LogP contribution in [-0.2, 0) is 17.8 Å². The van der Waals surface area contributed by atoms with E-state index in [1.165, 1.54) is 11.5 Å². The highest BCUT2D eigenvalue weighted by Crippen LogP contribution is 2.29. The van der Waals surface area contributed by atoms with E-state index in [-0.39, 0.29) is 5.69 Å². The van der Waals surface area contributed by atoms with Crippen molar-refractivity contribution in [3.63, 3.8) is 0 Å². The molecule has 0 aliphatic carbocycles. The van der Waals surface area contributed by atoms with Crippen LogP contribution in [0.15, 0.2) is 21.4 Å². The summed E-state index contributed by atoms with van der Waals surface area (Å²) in [6.07, 6.45) is 1.82. The third-order valence-corrected chi connectivity index (χ3v) is 4.13. The summed E-state index contributed by atoms with van der Waals surface area (Å²) in [5.41, 5.74) is 2.45. The Balaban J connectivity index is 2.44. The SMILES string of the molecule is CC(C(=O)O)n1c(=O)n2c3c(cc(Br)cc31)CCC2. The lowest BCUT2D eigenvalue weighted by Gasteiger charge is -2.14. The molecule has 0 bridgehead atoms. The molecule has 0 radical (unpaired) electrons. The Hall–Kier alpha value is -1.56. The van der Waals surface area contributed by atoms with Gasteiger partial charge in [-0.15, -0.1) is 0 Å². The third kappa shape index (κ3) is 1.74. The maximum atomic E-state index is 12.4. The van der Waals surface area contributed by atoms with Crippen LogP contribution in [-0.4, -0.2) is 20.2 Å². The van der Waals surface area contributed by atoms with Crippen LogP contribution in [0.5, 0.6) is 0 Å². The first-order chi connectivity index (χ1) is 9.00. The lowest BCUT2D eigenvalue weighted by atomic mass is 10.0. The maximum Gasteiger partial charge on any atom is 0.329 e. The summed E-state index contributed by atoms with van der Waals surface area (Å²) in [7, 11) is 0. The predicted octanol–water partition coefficient (Wildman–Crippen LogP) is 2.16. The van der Waals surface area contributed by atoms with Crippen molar-refractivity contribution in [2.45, 2.75) is 32.4 Å². The number of benzene rings is 1. The number of aromatic nitrogens is 2. The Morgan fingerprint density at radius 3 is 2.89 bits per heavy atom. The maximum absolute atomic E-state index is 12.4. The normalized spacial score (nSPS) is 15.7. The molecule has 1 aliphatic rings. The van der Waals surface area contributed by atoms with Crippen molar-refractivity contribution in [2.24, 2.45) is 0 Å². The van der Waals surface area contributed by atoms with Gasteiger partial charge in [-0.2, -0.15) is 0 Å². The first-order valence-corrected chi connectivity index (χ1v) is 6.96. The van der Waals surface area contributed by atoms with Crippen LogP contribution in [0.25, 0.3) is 11.0 Å². The van der Waals surface area contributed by atoms with Crippen LogP contribution >= 0.6 is 15.9 Å². The molecule has 1 unspecified atom stereocenters. The van der Waals surface area contributed by atoms with E-state index in [4.69, 9.17) is 0 Å². The molecule has 2 heterocycles. The van der Waals surface area contributed by atoms with Gasteiger partial charge in [-0.1, -0.05) is 15.9 Å². The van der Waals surface area contributed by atoms with Gasteiger partial charge in [0.05, 0.1) is 11.0 Å². The summed E-state index contributed by atoms with van der Waals surface area (Å²) >= 11 is 3.43. The molecule has 2 aromatic rings. The largest absolute Gasteiger partial charge is 0.480 e. The Morgan fingerprint density at radius 2 is 2.21 bits per heavy atom. The molecule has 1 aliphatic heterocycles. The number of carbonyl (C=O) groups is 1. The summed E-state index contributed by atoms with van der Waals surface area (Å²) in [6.45, 7) is 2.19. The van der Waals surface area contributed by atoms with Crippen LogP contribution in [0.2, 0.25) is 0 Å². The first kappa shape index (κ1) is 12.5. The van der Waals surface area contributed by atoms with Gasteiger partial charge in [0.2, 0.25) is 0 Å². The van der Waals surface area contributed by atoms with Gasteiger partial charge < -0.3 is 5.11 Å². The highest BCUT2D eigenvalue weighted by molar-refractivity contribution is 9.10. The van der Waals surface area contributed by atoms with Crippen LogP contribution < -0.4 is 5.69 Å². The number of aliphatic carboxylic acids is 1. The number of hydrogen-bond acceptors (Lipinski definition) is 2. The standard InChI is InChI=1S/C13H13BrN2O3/c1-7(12(17)18)16-10-6-9(14)5-8-3-2-4-15(11(8)10)13(16)19/h5-7H,2-4H2,1H3,(H,17,18). The van der Waals surface area contributed by atoms with Gasteiger partial charge in [-0.05, 0) is 37.5 Å². The fraction of sp³-hybridized carbons (Fsp3) is 0.385. The van der Waals surface area contributed by atoms with E-state index in [9.17, 15) is 14.7 Å². The number of halogens is 1. The Bertz CT molecular complexity index is 744. The lowest BCUT2D eigenvalue weighted by molar-refractivity contribution is -0.140. The number of carboxylic acid groups (broad SMARTS) is 1. The van der Waals surface area contributed by atoms with Crippen LogP contribution in [0.4, 0.5) is 0 Å². The summed E-state index contributed by atoms with van der Waals surface area (Å²) in [6, 6.07) is 2.96. The fourth-order valence-electron chi connectivity index (χ4n) is 2.77. The smallest absolute Gasteiger partial charge is 0.329 e. The Morgan fingerprint density at radius 1 is 1.47 bits per heavy atom. The third-order valence-electron chi connectivity index (χ3n) is 3.67. The number of rotatable bonds is 2. The van der Waals surface area contributed by atoms with Crippen molar-refractivity contribution in [1.82, 2.24) is 9.13 Å². The Kier molecular flexibility index (Phi) is 2.78. The van der Waals surface area contributed by atoms with Crippen molar-refractivity contribution in [3.8, 4) is 0 Å². The van der Waals surface area contributed by atoms with Crippen LogP contribution in [0.1, 0.15) is 24.9 Å². The van der Waals surface area contributed by atoms with E-state index in [0.717, 1.165) is 28.4 Å². The second-order valence-corrected chi connectivity index (χ2v) is 5.77. The number of carboxylic acids is 1. The van der Waals surface area contributed by atoms with Gasteiger partial charge in [-0.25, -0.2) is 9.59 Å². The van der Waals surface area contributed by atoms with Gasteiger partial charge in [0.15, 0.2) is 0 Å². The van der Waals surface area contributed by atoms with E-state index in [1.807, 2.05) is 12.1 Å². The summed E-state index contributed by atoms with van der Waals surface area (Å²) in [5, 5.41) is 9.17. The highest BCUT2D eigenvalue weighted by atomic mass is 79.9. The molecular formula is C13H13BrN2O3. The van der Waals surface area contributed by atoms with E-state index in [0.29, 0.717) is 12.1 Å². The molecule has 0 spiro atoms. The molecule has 100 valence electrons. The van der Waals surface area contributed by atoms with Crippen molar-refractivity contribution in [2.75, 3.05) is 0 Å². The molecule has 0 fully saturated rings.